The van der Waals surface area contributed by atoms with Gasteiger partial charge in [-0.1, -0.05) is 36.4 Å². The van der Waals surface area contributed by atoms with Crippen LogP contribution in [0.3, 0.4) is 0 Å². The molecule has 3 N–H and O–H groups in total. The molecule has 11 heteroatoms. The molecule has 1 saturated heterocycles. The van der Waals surface area contributed by atoms with Crippen LogP contribution in [0.15, 0.2) is 103 Å². The molecule has 0 unspecified atom stereocenters. The van der Waals surface area contributed by atoms with Crippen LogP contribution < -0.4 is 15.5 Å². The summed E-state index contributed by atoms with van der Waals surface area (Å²) in [4.78, 5) is 65.7. The minimum atomic E-state index is -0.702. The van der Waals surface area contributed by atoms with Crippen LogP contribution in [0.2, 0.25) is 0 Å². The number of rotatable bonds is 12. The number of aromatic hydroxyl groups is 1. The zero-order valence-corrected chi connectivity index (χ0v) is 27.3. The maximum absolute atomic E-state index is 13.8. The van der Waals surface area contributed by atoms with Crippen molar-refractivity contribution >= 4 is 40.1 Å². The standard InChI is InChI=1S/C39H36N6O5/c46-28-15-13-25(14-16-28)22-33-37(48)42-32(36(47)43-33)12-3-6-21-45-38(49)30-11-7-10-29-34(18-17-31(35(29)30)39(45)50)44(23-26-8-1-4-19-40-26)24-27-9-2-5-20-41-27/h1-2,4-5,7-11,13-20,32-33,46H,3,6,12,21-24H2,(H,42,48)(H,43,47)/t32-,33-/m0/s1. The van der Waals surface area contributed by atoms with Gasteiger partial charge in [0.1, 0.15) is 17.8 Å². The van der Waals surface area contributed by atoms with E-state index in [1.165, 1.54) is 4.90 Å². The number of hydrogen-bond acceptors (Lipinski definition) is 8. The molecule has 2 aromatic heterocycles. The van der Waals surface area contributed by atoms with E-state index >= 15 is 0 Å². The van der Waals surface area contributed by atoms with Gasteiger partial charge < -0.3 is 20.6 Å². The van der Waals surface area contributed by atoms with Gasteiger partial charge in [0.25, 0.3) is 11.8 Å². The Bertz CT molecular complexity index is 1990. The third-order valence-corrected chi connectivity index (χ3v) is 9.23. The molecular formula is C39H36N6O5. The third kappa shape index (κ3) is 6.75. The lowest BCUT2D eigenvalue weighted by atomic mass is 9.92. The molecule has 11 nitrogen and oxygen atoms in total. The summed E-state index contributed by atoms with van der Waals surface area (Å²) < 4.78 is 0. The summed E-state index contributed by atoms with van der Waals surface area (Å²) in [5.74, 6) is -1.12. The number of nitrogens with one attached hydrogen (secondary N) is 2. The summed E-state index contributed by atoms with van der Waals surface area (Å²) in [6.07, 6.45) is 5.19. The molecule has 1 fully saturated rings. The lowest BCUT2D eigenvalue weighted by Crippen LogP contribution is -2.62. The first-order valence-corrected chi connectivity index (χ1v) is 16.7. The number of anilines is 1. The molecule has 0 radical (unpaired) electrons. The van der Waals surface area contributed by atoms with Crippen molar-refractivity contribution in [3.63, 3.8) is 0 Å². The molecule has 4 amide bonds. The van der Waals surface area contributed by atoms with E-state index in [9.17, 15) is 24.3 Å². The Morgan fingerprint density at radius 2 is 1.32 bits per heavy atom. The van der Waals surface area contributed by atoms with Crippen molar-refractivity contribution in [1.82, 2.24) is 25.5 Å². The summed E-state index contributed by atoms with van der Waals surface area (Å²) in [6.45, 7) is 1.19. The number of piperazine rings is 1. The van der Waals surface area contributed by atoms with E-state index in [4.69, 9.17) is 0 Å². The van der Waals surface area contributed by atoms with Crippen molar-refractivity contribution in [1.29, 1.82) is 0 Å². The number of imide groups is 1. The SMILES string of the molecule is O=C1N[C@@H](Cc2ccc(O)cc2)C(=O)N[C@H]1CCCCN1C(=O)c2cccc3c(N(Cc4ccccn4)Cc4ccccn4)ccc(c23)C1=O. The van der Waals surface area contributed by atoms with Gasteiger partial charge in [-0.05, 0) is 79.4 Å². The maximum atomic E-state index is 13.8. The van der Waals surface area contributed by atoms with Crippen molar-refractivity contribution < 1.29 is 24.3 Å². The Morgan fingerprint density at radius 3 is 1.98 bits per heavy atom. The van der Waals surface area contributed by atoms with E-state index in [0.717, 1.165) is 28.0 Å². The van der Waals surface area contributed by atoms with Gasteiger partial charge in [0.2, 0.25) is 11.8 Å². The Morgan fingerprint density at radius 1 is 0.680 bits per heavy atom. The van der Waals surface area contributed by atoms with Crippen LogP contribution in [0.4, 0.5) is 5.69 Å². The highest BCUT2D eigenvalue weighted by Crippen LogP contribution is 2.37. The number of phenols is 1. The molecule has 7 rings (SSSR count). The molecule has 5 aromatic rings. The van der Waals surface area contributed by atoms with Crippen LogP contribution in [0.5, 0.6) is 5.75 Å². The molecular weight excluding hydrogens is 632 g/mol. The van der Waals surface area contributed by atoms with Gasteiger partial charge in [-0.15, -0.1) is 0 Å². The van der Waals surface area contributed by atoms with Gasteiger partial charge in [0.05, 0.1) is 24.5 Å². The van der Waals surface area contributed by atoms with Crippen LogP contribution >= 0.6 is 0 Å². The highest BCUT2D eigenvalue weighted by atomic mass is 16.3. The third-order valence-electron chi connectivity index (χ3n) is 9.23. The molecule has 252 valence electrons. The second-order valence-electron chi connectivity index (χ2n) is 12.6. The first-order valence-electron chi connectivity index (χ1n) is 16.7. The smallest absolute Gasteiger partial charge is 0.261 e. The predicted octanol–water partition coefficient (Wildman–Crippen LogP) is 4.53. The Labute approximate surface area is 289 Å². The fourth-order valence-corrected chi connectivity index (χ4v) is 6.72. The molecule has 0 saturated carbocycles. The average Bonchev–Trinajstić information content (AvgIpc) is 3.13. The number of nitrogens with zero attached hydrogens (tertiary/aromatic N) is 4. The van der Waals surface area contributed by atoms with Gasteiger partial charge in [-0.2, -0.15) is 0 Å². The number of aromatic nitrogens is 2. The summed E-state index contributed by atoms with van der Waals surface area (Å²) in [5, 5.41) is 16.6. The monoisotopic (exact) mass is 668 g/mol. The first kappa shape index (κ1) is 32.4. The molecule has 2 aliphatic rings. The lowest BCUT2D eigenvalue weighted by molar-refractivity contribution is -0.136. The maximum Gasteiger partial charge on any atom is 0.261 e. The van der Waals surface area contributed by atoms with Gasteiger partial charge in [0.15, 0.2) is 0 Å². The minimum Gasteiger partial charge on any atom is -0.508 e. The number of pyridine rings is 2. The van der Waals surface area contributed by atoms with Crippen molar-refractivity contribution in [3.8, 4) is 5.75 Å². The lowest BCUT2D eigenvalue weighted by Gasteiger charge is -2.31. The molecule has 4 heterocycles. The number of phenolic OH excluding ortho intramolecular Hbond substituents is 1. The summed E-state index contributed by atoms with van der Waals surface area (Å²) in [7, 11) is 0. The van der Waals surface area contributed by atoms with Crippen LogP contribution in [0.25, 0.3) is 10.8 Å². The first-order chi connectivity index (χ1) is 24.4. The van der Waals surface area contributed by atoms with Gasteiger partial charge in [-0.3, -0.25) is 34.0 Å². The van der Waals surface area contributed by atoms with Crippen molar-refractivity contribution in [2.24, 2.45) is 0 Å². The van der Waals surface area contributed by atoms with Gasteiger partial charge >= 0.3 is 0 Å². The fraction of sp³-hybridized carbons (Fsp3) is 0.231. The number of carbonyl (C=O) groups is 4. The molecule has 0 bridgehead atoms. The zero-order chi connectivity index (χ0) is 34.6. The van der Waals surface area contributed by atoms with E-state index in [1.54, 1.807) is 48.8 Å². The number of amides is 4. The Balaban J connectivity index is 1.03. The molecule has 2 aliphatic heterocycles. The second-order valence-corrected chi connectivity index (χ2v) is 12.6. The van der Waals surface area contributed by atoms with E-state index in [-0.39, 0.29) is 35.9 Å². The van der Waals surface area contributed by atoms with Crippen molar-refractivity contribution in [3.05, 3.63) is 131 Å². The molecule has 0 aliphatic carbocycles. The summed E-state index contributed by atoms with van der Waals surface area (Å²) in [5.41, 5.74) is 4.37. The topological polar surface area (TPSA) is 145 Å². The van der Waals surface area contributed by atoms with Gasteiger partial charge in [0, 0.05) is 52.9 Å². The Hall–Kier alpha value is -6.10. The predicted molar refractivity (Wildman–Crippen MR) is 187 cm³/mol. The van der Waals surface area contributed by atoms with Crippen molar-refractivity contribution in [2.45, 2.75) is 50.9 Å². The zero-order valence-electron chi connectivity index (χ0n) is 27.3. The second kappa shape index (κ2) is 14.2. The van der Waals surface area contributed by atoms with Crippen LogP contribution in [-0.4, -0.2) is 62.2 Å². The van der Waals surface area contributed by atoms with Crippen LogP contribution in [0, 0.1) is 0 Å². The normalized spacial score (nSPS) is 17.1. The van der Waals surface area contributed by atoms with Crippen molar-refractivity contribution in [2.75, 3.05) is 11.4 Å². The minimum absolute atomic E-state index is 0.130. The van der Waals surface area contributed by atoms with E-state index in [2.05, 4.69) is 25.5 Å². The highest BCUT2D eigenvalue weighted by molar-refractivity contribution is 6.26. The summed E-state index contributed by atoms with van der Waals surface area (Å²) >= 11 is 0. The highest BCUT2D eigenvalue weighted by Gasteiger charge is 2.35. The summed E-state index contributed by atoms with van der Waals surface area (Å²) in [6, 6.07) is 25.9. The largest absolute Gasteiger partial charge is 0.508 e. The molecule has 50 heavy (non-hydrogen) atoms. The quantitative estimate of drug-likeness (QED) is 0.130. The number of hydrogen-bond donors (Lipinski definition) is 3. The average molecular weight is 669 g/mol. The number of unbranched alkanes of at least 4 members (excludes halogenated alkanes) is 1. The van der Waals surface area contributed by atoms with E-state index in [0.29, 0.717) is 55.3 Å². The Kier molecular flexibility index (Phi) is 9.20. The van der Waals surface area contributed by atoms with E-state index in [1.807, 2.05) is 54.6 Å². The number of carbonyl (C=O) groups excluding carboxylic acids is 4. The van der Waals surface area contributed by atoms with Crippen LogP contribution in [-0.2, 0) is 29.1 Å². The van der Waals surface area contributed by atoms with Gasteiger partial charge in [-0.25, -0.2) is 0 Å². The van der Waals surface area contributed by atoms with Crippen LogP contribution in [0.1, 0.15) is 56.9 Å². The van der Waals surface area contributed by atoms with E-state index < -0.39 is 12.1 Å². The fourth-order valence-electron chi connectivity index (χ4n) is 6.72. The molecule has 0 spiro atoms. The molecule has 3 aromatic carbocycles. The molecule has 2 atom stereocenters. The number of benzene rings is 3.